The second-order valence-electron chi connectivity index (χ2n) is 7.43. The Bertz CT molecular complexity index is 1020. The van der Waals surface area contributed by atoms with Crippen LogP contribution in [0.15, 0.2) is 45.6 Å². The molecule has 1 aromatic rings. The van der Waals surface area contributed by atoms with Gasteiger partial charge in [0.15, 0.2) is 9.84 Å². The predicted octanol–water partition coefficient (Wildman–Crippen LogP) is 1.79. The van der Waals surface area contributed by atoms with Gasteiger partial charge in [-0.1, -0.05) is 0 Å². The minimum Gasteiger partial charge on any atom is -0.493 e. The van der Waals surface area contributed by atoms with Gasteiger partial charge in [0, 0.05) is 23.2 Å². The van der Waals surface area contributed by atoms with Gasteiger partial charge < -0.3 is 25.3 Å². The van der Waals surface area contributed by atoms with Gasteiger partial charge in [0.1, 0.15) is 5.75 Å². The van der Waals surface area contributed by atoms with E-state index in [9.17, 15) is 18.0 Å². The number of sulfone groups is 1. The Morgan fingerprint density at radius 1 is 1.03 bits per heavy atom. The molecule has 0 radical (unpaired) electrons. The predicted molar refractivity (Wildman–Crippen MR) is 119 cm³/mol. The Labute approximate surface area is 188 Å². The topological polar surface area (TPSA) is 134 Å². The third-order valence-corrected chi connectivity index (χ3v) is 6.26. The van der Waals surface area contributed by atoms with E-state index in [4.69, 9.17) is 19.9 Å². The van der Waals surface area contributed by atoms with Crippen molar-refractivity contribution in [3.05, 3.63) is 46.3 Å². The summed E-state index contributed by atoms with van der Waals surface area (Å²) in [6.07, 6.45) is 2.53. The molecule has 0 spiro atoms. The summed E-state index contributed by atoms with van der Waals surface area (Å²) in [5.74, 6) is -1.92. The molecule has 9 nitrogen and oxygen atoms in total. The van der Waals surface area contributed by atoms with Gasteiger partial charge >= 0.3 is 11.9 Å². The van der Waals surface area contributed by atoms with E-state index in [1.807, 2.05) is 0 Å². The van der Waals surface area contributed by atoms with E-state index >= 15 is 0 Å². The molecule has 176 valence electrons. The van der Waals surface area contributed by atoms with Gasteiger partial charge in [-0.25, -0.2) is 18.0 Å². The highest BCUT2D eigenvalue weighted by molar-refractivity contribution is 7.90. The number of unbranched alkanes of at least 4 members (excludes halogenated alkanes) is 1. The Kier molecular flexibility index (Phi) is 8.45. The molecule has 32 heavy (non-hydrogen) atoms. The number of hydrogen-bond acceptors (Lipinski definition) is 9. The van der Waals surface area contributed by atoms with Gasteiger partial charge in [-0.15, -0.1) is 0 Å². The lowest BCUT2D eigenvalue weighted by molar-refractivity contribution is -0.137. The van der Waals surface area contributed by atoms with Crippen LogP contribution in [-0.2, 0) is 28.9 Å². The number of hydrogen-bond donors (Lipinski definition) is 2. The molecule has 0 saturated carbocycles. The van der Waals surface area contributed by atoms with Crippen LogP contribution >= 0.6 is 0 Å². The maximum atomic E-state index is 12.7. The summed E-state index contributed by atoms with van der Waals surface area (Å²) in [6, 6.07) is 4.39. The van der Waals surface area contributed by atoms with Gasteiger partial charge in [-0.3, -0.25) is 0 Å². The maximum absolute atomic E-state index is 12.7. The fraction of sp³-hybridized carbons (Fsp3) is 0.455. The van der Waals surface area contributed by atoms with Crippen LogP contribution in [0.5, 0.6) is 5.75 Å². The average Bonchev–Trinajstić information content (AvgIpc) is 2.74. The number of methoxy groups -OCH3 is 2. The minimum absolute atomic E-state index is 0.0316. The number of esters is 2. The monoisotopic (exact) mass is 466 g/mol. The number of nitrogens with two attached hydrogens (primary N) is 1. The lowest BCUT2D eigenvalue weighted by Gasteiger charge is -2.31. The summed E-state index contributed by atoms with van der Waals surface area (Å²) < 4.78 is 40.4. The first kappa shape index (κ1) is 25.4. The molecule has 0 aliphatic carbocycles. The van der Waals surface area contributed by atoms with Crippen LogP contribution < -0.4 is 15.8 Å². The molecule has 0 saturated heterocycles. The van der Waals surface area contributed by atoms with Crippen LogP contribution in [0.1, 0.15) is 38.2 Å². The van der Waals surface area contributed by atoms with Crippen molar-refractivity contribution < 1.29 is 32.2 Å². The van der Waals surface area contributed by atoms with E-state index in [0.29, 0.717) is 42.3 Å². The molecule has 0 aromatic heterocycles. The standard InChI is InChI=1S/C22H30N2O7S/c1-13-18(21(25)29-3)20(19(14(2)24-13)22(26)30-4)16-12-15(32(5,27)28)8-9-17(16)31-11-7-6-10-23/h8-9,12,20,24H,6-7,10-11,23H2,1-5H3. The molecule has 0 fully saturated rings. The first-order chi connectivity index (χ1) is 15.1. The molecular weight excluding hydrogens is 436 g/mol. The van der Waals surface area contributed by atoms with E-state index in [-0.39, 0.29) is 16.0 Å². The second-order valence-corrected chi connectivity index (χ2v) is 9.45. The first-order valence-electron chi connectivity index (χ1n) is 10.1. The normalized spacial score (nSPS) is 14.8. The van der Waals surface area contributed by atoms with Gasteiger partial charge in [-0.05, 0) is 51.4 Å². The van der Waals surface area contributed by atoms with Crippen molar-refractivity contribution >= 4 is 21.8 Å². The van der Waals surface area contributed by atoms with Crippen LogP contribution in [0.25, 0.3) is 0 Å². The highest BCUT2D eigenvalue weighted by Gasteiger charge is 2.39. The van der Waals surface area contributed by atoms with Crippen molar-refractivity contribution in [3.63, 3.8) is 0 Å². The summed E-state index contributed by atoms with van der Waals surface area (Å²) in [5, 5.41) is 3.02. The van der Waals surface area contributed by atoms with Crippen molar-refractivity contribution in [1.82, 2.24) is 5.32 Å². The van der Waals surface area contributed by atoms with E-state index in [2.05, 4.69) is 5.32 Å². The highest BCUT2D eigenvalue weighted by Crippen LogP contribution is 2.43. The van der Waals surface area contributed by atoms with Crippen LogP contribution in [0.3, 0.4) is 0 Å². The van der Waals surface area contributed by atoms with Crippen molar-refractivity contribution in [1.29, 1.82) is 0 Å². The van der Waals surface area contributed by atoms with Gasteiger partial charge in [0.25, 0.3) is 0 Å². The summed E-state index contributed by atoms with van der Waals surface area (Å²) in [4.78, 5) is 25.5. The van der Waals surface area contributed by atoms with Gasteiger partial charge in [0.2, 0.25) is 0 Å². The smallest absolute Gasteiger partial charge is 0.336 e. The lowest BCUT2D eigenvalue weighted by Crippen LogP contribution is -2.32. The Morgan fingerprint density at radius 3 is 2.06 bits per heavy atom. The molecule has 0 amide bonds. The summed E-state index contributed by atoms with van der Waals surface area (Å²) in [5.41, 5.74) is 7.17. The largest absolute Gasteiger partial charge is 0.493 e. The number of nitrogens with one attached hydrogen (secondary N) is 1. The minimum atomic E-state index is -3.58. The van der Waals surface area contributed by atoms with Crippen molar-refractivity contribution in [2.24, 2.45) is 5.73 Å². The van der Waals surface area contributed by atoms with Crippen LogP contribution in [-0.4, -0.2) is 54.0 Å². The zero-order valence-corrected chi connectivity index (χ0v) is 19.8. The first-order valence-corrected chi connectivity index (χ1v) is 12.0. The summed E-state index contributed by atoms with van der Waals surface area (Å²) >= 11 is 0. The molecule has 1 aliphatic rings. The average molecular weight is 467 g/mol. The summed E-state index contributed by atoms with van der Waals surface area (Å²) in [6.45, 7) is 4.21. The molecule has 0 atom stereocenters. The lowest BCUT2D eigenvalue weighted by atomic mass is 9.80. The molecule has 10 heteroatoms. The molecule has 3 N–H and O–H groups in total. The van der Waals surface area contributed by atoms with Crippen LogP contribution in [0, 0.1) is 0 Å². The number of allylic oxidation sites excluding steroid dienone is 2. The Balaban J connectivity index is 2.79. The molecule has 1 heterocycles. The fourth-order valence-corrected chi connectivity index (χ4v) is 4.27. The molecule has 1 aromatic carbocycles. The quantitative estimate of drug-likeness (QED) is 0.412. The number of ether oxygens (including phenoxy) is 3. The highest BCUT2D eigenvalue weighted by atomic mass is 32.2. The second kappa shape index (κ2) is 10.6. The third-order valence-electron chi connectivity index (χ3n) is 5.15. The number of carbonyl (C=O) groups excluding carboxylic acids is 2. The molecule has 0 bridgehead atoms. The fourth-order valence-electron chi connectivity index (χ4n) is 3.61. The number of benzene rings is 1. The molecular formula is C22H30N2O7S. The molecule has 2 rings (SSSR count). The molecule has 1 aliphatic heterocycles. The van der Waals surface area contributed by atoms with Gasteiger partial charge in [0.05, 0.1) is 42.8 Å². The maximum Gasteiger partial charge on any atom is 0.336 e. The van der Waals surface area contributed by atoms with Crippen LogP contribution in [0.2, 0.25) is 0 Å². The number of rotatable bonds is 9. The molecule has 0 unspecified atom stereocenters. The van der Waals surface area contributed by atoms with E-state index < -0.39 is 27.7 Å². The van der Waals surface area contributed by atoms with Crippen LogP contribution in [0.4, 0.5) is 0 Å². The summed E-state index contributed by atoms with van der Waals surface area (Å²) in [7, 11) is -1.10. The van der Waals surface area contributed by atoms with E-state index in [0.717, 1.165) is 12.7 Å². The SMILES string of the molecule is COC(=O)C1=C(C)NC(C)=C(C(=O)OC)C1c1cc(S(C)(=O)=O)ccc1OCCCCN. The zero-order valence-electron chi connectivity index (χ0n) is 19.0. The Morgan fingerprint density at radius 2 is 1.59 bits per heavy atom. The van der Waals surface area contributed by atoms with Gasteiger partial charge in [-0.2, -0.15) is 0 Å². The van der Waals surface area contributed by atoms with E-state index in [1.165, 1.54) is 32.4 Å². The van der Waals surface area contributed by atoms with Crippen molar-refractivity contribution in [2.75, 3.05) is 33.6 Å². The van der Waals surface area contributed by atoms with Crippen molar-refractivity contribution in [2.45, 2.75) is 37.5 Å². The third kappa shape index (κ3) is 5.49. The van der Waals surface area contributed by atoms with E-state index in [1.54, 1.807) is 13.8 Å². The zero-order chi connectivity index (χ0) is 24.1. The number of carbonyl (C=O) groups is 2. The van der Waals surface area contributed by atoms with Crippen molar-refractivity contribution in [3.8, 4) is 5.75 Å². The Hall–Kier alpha value is -2.85. The number of dihydropyridines is 1.